The molecule has 0 atom stereocenters. The Bertz CT molecular complexity index is 639. The van der Waals surface area contributed by atoms with Crippen LogP contribution >= 0.6 is 22.6 Å². The molecule has 0 aromatic heterocycles. The van der Waals surface area contributed by atoms with Gasteiger partial charge in [-0.1, -0.05) is 12.1 Å². The summed E-state index contributed by atoms with van der Waals surface area (Å²) in [7, 11) is 0. The summed E-state index contributed by atoms with van der Waals surface area (Å²) in [6.45, 7) is 1.49. The number of carbonyl (C=O) groups excluding carboxylic acids is 2. The van der Waals surface area contributed by atoms with Crippen molar-refractivity contribution in [2.24, 2.45) is 0 Å². The number of Topliss-reactive ketones (excluding diaryl/α,β-unsaturated/α-hetero) is 1. The lowest BCUT2D eigenvalue weighted by molar-refractivity contribution is 0.101. The zero-order valence-corrected chi connectivity index (χ0v) is 13.0. The highest BCUT2D eigenvalue weighted by atomic mass is 127. The van der Waals surface area contributed by atoms with Gasteiger partial charge in [0.05, 0.1) is 0 Å². The molecule has 0 aliphatic rings. The Labute approximate surface area is 130 Å². The third kappa shape index (κ3) is 4.06. The molecule has 102 valence electrons. The van der Waals surface area contributed by atoms with Crippen LogP contribution < -0.4 is 10.6 Å². The van der Waals surface area contributed by atoms with Crippen LogP contribution in [0, 0.1) is 3.57 Å². The van der Waals surface area contributed by atoms with E-state index in [1.54, 1.807) is 24.3 Å². The van der Waals surface area contributed by atoms with Crippen LogP contribution in [-0.4, -0.2) is 11.8 Å². The summed E-state index contributed by atoms with van der Waals surface area (Å²) in [6, 6.07) is 14.0. The van der Waals surface area contributed by atoms with Crippen LogP contribution in [0.4, 0.5) is 16.2 Å². The van der Waals surface area contributed by atoms with Gasteiger partial charge in [-0.25, -0.2) is 4.79 Å². The Morgan fingerprint density at radius 1 is 0.950 bits per heavy atom. The van der Waals surface area contributed by atoms with E-state index in [1.165, 1.54) is 6.92 Å². The highest BCUT2D eigenvalue weighted by Gasteiger charge is 2.05. The summed E-state index contributed by atoms with van der Waals surface area (Å²) in [5.41, 5.74) is 1.86. The first kappa shape index (κ1) is 14.5. The molecule has 2 aromatic carbocycles. The van der Waals surface area contributed by atoms with E-state index in [-0.39, 0.29) is 11.8 Å². The Kier molecular flexibility index (Phi) is 4.73. The standard InChI is InChI=1S/C15H13IN2O2/c1-10(19)11-3-2-4-14(9-11)18-15(20)17-13-7-5-12(16)6-8-13/h2-9H,1H3,(H2,17,18,20). The Morgan fingerprint density at radius 2 is 1.60 bits per heavy atom. The summed E-state index contributed by atoms with van der Waals surface area (Å²) < 4.78 is 1.10. The fraction of sp³-hybridized carbons (Fsp3) is 0.0667. The lowest BCUT2D eigenvalue weighted by Gasteiger charge is -2.08. The van der Waals surface area contributed by atoms with Crippen molar-refractivity contribution in [3.05, 3.63) is 57.7 Å². The molecule has 2 rings (SSSR count). The van der Waals surface area contributed by atoms with Crippen LogP contribution in [0.1, 0.15) is 17.3 Å². The summed E-state index contributed by atoms with van der Waals surface area (Å²) in [5, 5.41) is 5.42. The lowest BCUT2D eigenvalue weighted by Crippen LogP contribution is -2.19. The van der Waals surface area contributed by atoms with Crippen molar-refractivity contribution in [1.82, 2.24) is 0 Å². The molecule has 0 saturated carbocycles. The second-order valence-corrected chi connectivity index (χ2v) is 5.47. The minimum absolute atomic E-state index is 0.0355. The molecule has 2 amide bonds. The molecule has 0 heterocycles. The zero-order chi connectivity index (χ0) is 14.5. The van der Waals surface area contributed by atoms with E-state index >= 15 is 0 Å². The quantitative estimate of drug-likeness (QED) is 0.621. The SMILES string of the molecule is CC(=O)c1cccc(NC(=O)Nc2ccc(I)cc2)c1. The lowest BCUT2D eigenvalue weighted by atomic mass is 10.1. The summed E-state index contributed by atoms with van der Waals surface area (Å²) in [6.07, 6.45) is 0. The topological polar surface area (TPSA) is 58.2 Å². The second-order valence-electron chi connectivity index (χ2n) is 4.22. The molecule has 0 fully saturated rings. The van der Waals surface area contributed by atoms with E-state index in [2.05, 4.69) is 33.2 Å². The number of hydrogen-bond donors (Lipinski definition) is 2. The fourth-order valence-corrected chi connectivity index (χ4v) is 2.00. The molecule has 0 radical (unpaired) electrons. The monoisotopic (exact) mass is 380 g/mol. The molecule has 2 aromatic rings. The molecule has 0 saturated heterocycles. The number of anilines is 2. The van der Waals surface area contributed by atoms with Crippen LogP contribution in [0.15, 0.2) is 48.5 Å². The molecule has 20 heavy (non-hydrogen) atoms. The number of halogens is 1. The number of carbonyl (C=O) groups is 2. The molecule has 0 unspecified atom stereocenters. The maximum atomic E-state index is 11.8. The Balaban J connectivity index is 2.02. The molecule has 0 aliphatic heterocycles. The minimum atomic E-state index is -0.341. The first-order valence-corrected chi connectivity index (χ1v) is 7.07. The number of amides is 2. The van der Waals surface area contributed by atoms with Gasteiger partial charge in [-0.05, 0) is 65.9 Å². The van der Waals surface area contributed by atoms with Gasteiger partial charge in [0.15, 0.2) is 5.78 Å². The normalized spacial score (nSPS) is 9.90. The van der Waals surface area contributed by atoms with E-state index in [4.69, 9.17) is 0 Å². The van der Waals surface area contributed by atoms with Crippen molar-refractivity contribution in [2.45, 2.75) is 6.92 Å². The van der Waals surface area contributed by atoms with Crippen molar-refractivity contribution in [2.75, 3.05) is 10.6 Å². The van der Waals surface area contributed by atoms with Gasteiger partial charge in [0.1, 0.15) is 0 Å². The van der Waals surface area contributed by atoms with Gasteiger partial charge in [-0.3, -0.25) is 4.79 Å². The highest BCUT2D eigenvalue weighted by Crippen LogP contribution is 2.14. The first-order valence-electron chi connectivity index (χ1n) is 5.99. The van der Waals surface area contributed by atoms with Crippen molar-refractivity contribution >= 4 is 45.8 Å². The molecule has 5 heteroatoms. The van der Waals surface area contributed by atoms with Crippen molar-refractivity contribution in [1.29, 1.82) is 0 Å². The largest absolute Gasteiger partial charge is 0.323 e. The van der Waals surface area contributed by atoms with Crippen LogP contribution in [-0.2, 0) is 0 Å². The smallest absolute Gasteiger partial charge is 0.308 e. The maximum Gasteiger partial charge on any atom is 0.323 e. The summed E-state index contributed by atoms with van der Waals surface area (Å²) in [4.78, 5) is 23.1. The van der Waals surface area contributed by atoms with E-state index in [1.807, 2.05) is 24.3 Å². The molecule has 0 aliphatic carbocycles. The maximum absolute atomic E-state index is 11.8. The molecule has 0 bridgehead atoms. The number of nitrogens with one attached hydrogen (secondary N) is 2. The molecular formula is C15H13IN2O2. The molecule has 2 N–H and O–H groups in total. The number of urea groups is 1. The third-order valence-electron chi connectivity index (χ3n) is 2.63. The zero-order valence-electron chi connectivity index (χ0n) is 10.8. The van der Waals surface area contributed by atoms with Crippen LogP contribution in [0.3, 0.4) is 0 Å². The average molecular weight is 380 g/mol. The van der Waals surface area contributed by atoms with Gasteiger partial charge in [-0.2, -0.15) is 0 Å². The second kappa shape index (κ2) is 6.51. The van der Waals surface area contributed by atoms with Crippen molar-refractivity contribution < 1.29 is 9.59 Å². The predicted octanol–water partition coefficient (Wildman–Crippen LogP) is 4.14. The van der Waals surface area contributed by atoms with Crippen molar-refractivity contribution in [3.63, 3.8) is 0 Å². The van der Waals surface area contributed by atoms with Crippen LogP contribution in [0.5, 0.6) is 0 Å². The van der Waals surface area contributed by atoms with Gasteiger partial charge in [-0.15, -0.1) is 0 Å². The van der Waals surface area contributed by atoms with Gasteiger partial charge in [0, 0.05) is 20.5 Å². The van der Waals surface area contributed by atoms with E-state index in [0.29, 0.717) is 16.9 Å². The number of hydrogen-bond acceptors (Lipinski definition) is 2. The van der Waals surface area contributed by atoms with Crippen molar-refractivity contribution in [3.8, 4) is 0 Å². The minimum Gasteiger partial charge on any atom is -0.308 e. The first-order chi connectivity index (χ1) is 9.54. The van der Waals surface area contributed by atoms with E-state index < -0.39 is 0 Å². The van der Waals surface area contributed by atoms with Crippen LogP contribution in [0.25, 0.3) is 0 Å². The number of ketones is 1. The van der Waals surface area contributed by atoms with Gasteiger partial charge < -0.3 is 10.6 Å². The highest BCUT2D eigenvalue weighted by molar-refractivity contribution is 14.1. The van der Waals surface area contributed by atoms with E-state index in [9.17, 15) is 9.59 Å². The Morgan fingerprint density at radius 3 is 2.25 bits per heavy atom. The van der Waals surface area contributed by atoms with Gasteiger partial charge in [0.25, 0.3) is 0 Å². The molecule has 0 spiro atoms. The number of rotatable bonds is 3. The summed E-state index contributed by atoms with van der Waals surface area (Å²) >= 11 is 2.20. The Hall–Kier alpha value is -1.89. The van der Waals surface area contributed by atoms with Gasteiger partial charge in [0.2, 0.25) is 0 Å². The van der Waals surface area contributed by atoms with Crippen LogP contribution in [0.2, 0.25) is 0 Å². The number of benzene rings is 2. The average Bonchev–Trinajstić information content (AvgIpc) is 2.41. The third-order valence-corrected chi connectivity index (χ3v) is 3.35. The molecular weight excluding hydrogens is 367 g/mol. The van der Waals surface area contributed by atoms with Gasteiger partial charge >= 0.3 is 6.03 Å². The molecule has 4 nitrogen and oxygen atoms in total. The van der Waals surface area contributed by atoms with E-state index in [0.717, 1.165) is 3.57 Å². The summed E-state index contributed by atoms with van der Waals surface area (Å²) in [5.74, 6) is -0.0355. The predicted molar refractivity (Wildman–Crippen MR) is 88.2 cm³/mol. The fourth-order valence-electron chi connectivity index (χ4n) is 1.64.